The highest BCUT2D eigenvalue weighted by molar-refractivity contribution is 5.38. The van der Waals surface area contributed by atoms with Crippen LogP contribution in [0.15, 0.2) is 18.2 Å². The molecular weight excluding hydrogens is 266 g/mol. The predicted molar refractivity (Wildman–Crippen MR) is 84.1 cm³/mol. The predicted octanol–water partition coefficient (Wildman–Crippen LogP) is 3.14. The van der Waals surface area contributed by atoms with Crippen molar-refractivity contribution in [1.82, 2.24) is 5.32 Å². The molecule has 0 radical (unpaired) electrons. The molecule has 0 spiro atoms. The molecule has 0 amide bonds. The molecule has 2 rings (SSSR count). The summed E-state index contributed by atoms with van der Waals surface area (Å²) < 4.78 is 16.4. The number of hydrogen-bond donors (Lipinski definition) is 1. The first-order valence-corrected chi connectivity index (χ1v) is 7.86. The monoisotopic (exact) mass is 293 g/mol. The third kappa shape index (κ3) is 5.56. The van der Waals surface area contributed by atoms with Gasteiger partial charge in [-0.25, -0.2) is 0 Å². The summed E-state index contributed by atoms with van der Waals surface area (Å²) in [6, 6.07) is 5.94. The lowest BCUT2D eigenvalue weighted by Crippen LogP contribution is -2.24. The number of nitrogens with one attached hydrogen (secondary N) is 1. The summed E-state index contributed by atoms with van der Waals surface area (Å²) in [4.78, 5) is 0. The van der Waals surface area contributed by atoms with Gasteiger partial charge in [0.05, 0.1) is 26.9 Å². The van der Waals surface area contributed by atoms with Gasteiger partial charge < -0.3 is 19.5 Å². The van der Waals surface area contributed by atoms with E-state index in [-0.39, 0.29) is 0 Å². The lowest BCUT2D eigenvalue weighted by atomic mass is 9.98. The highest BCUT2D eigenvalue weighted by Crippen LogP contribution is 2.22. The average molecular weight is 293 g/mol. The van der Waals surface area contributed by atoms with Gasteiger partial charge in [0.25, 0.3) is 0 Å². The summed E-state index contributed by atoms with van der Waals surface area (Å²) >= 11 is 0. The quantitative estimate of drug-likeness (QED) is 0.747. The zero-order chi connectivity index (χ0) is 14.9. The van der Waals surface area contributed by atoms with Gasteiger partial charge in [0.1, 0.15) is 11.5 Å². The van der Waals surface area contributed by atoms with E-state index in [1.54, 1.807) is 14.2 Å². The minimum absolute atomic E-state index is 0.484. The van der Waals surface area contributed by atoms with Crippen LogP contribution < -0.4 is 14.8 Å². The lowest BCUT2D eigenvalue weighted by Gasteiger charge is -2.22. The van der Waals surface area contributed by atoms with Crippen LogP contribution in [0.5, 0.6) is 11.5 Å². The summed E-state index contributed by atoms with van der Waals surface area (Å²) in [6.45, 7) is 2.45. The minimum atomic E-state index is 0.484. The van der Waals surface area contributed by atoms with Crippen LogP contribution in [0.3, 0.4) is 0 Å². The van der Waals surface area contributed by atoms with Gasteiger partial charge in [-0.05, 0) is 30.5 Å². The van der Waals surface area contributed by atoms with Crippen molar-refractivity contribution in [2.75, 3.05) is 27.4 Å². The Kier molecular flexibility index (Phi) is 6.83. The molecule has 1 aliphatic carbocycles. The highest BCUT2D eigenvalue weighted by atomic mass is 16.5. The Morgan fingerprint density at radius 1 is 1.00 bits per heavy atom. The maximum absolute atomic E-state index is 5.90. The molecule has 1 aromatic carbocycles. The van der Waals surface area contributed by atoms with E-state index >= 15 is 0 Å². The van der Waals surface area contributed by atoms with E-state index < -0.39 is 0 Å². The number of methoxy groups -OCH3 is 2. The zero-order valence-corrected chi connectivity index (χ0v) is 13.2. The molecule has 0 aliphatic heterocycles. The third-order valence-electron chi connectivity index (χ3n) is 3.92. The molecule has 4 heteroatoms. The van der Waals surface area contributed by atoms with Crippen molar-refractivity contribution < 1.29 is 14.2 Å². The molecule has 0 aromatic heterocycles. The molecular formula is C17H27NO3. The first kappa shape index (κ1) is 16.1. The van der Waals surface area contributed by atoms with Crippen LogP contribution in [-0.2, 0) is 11.3 Å². The van der Waals surface area contributed by atoms with Crippen molar-refractivity contribution in [3.8, 4) is 11.5 Å². The summed E-state index contributed by atoms with van der Waals surface area (Å²) in [5.41, 5.74) is 1.16. The van der Waals surface area contributed by atoms with E-state index in [9.17, 15) is 0 Å². The Morgan fingerprint density at radius 3 is 2.29 bits per heavy atom. The summed E-state index contributed by atoms with van der Waals surface area (Å²) in [7, 11) is 3.34. The standard InChI is InChI=1S/C17H27NO3/c1-19-16-10-14(11-17(12-16)20-2)13-18-8-9-21-15-6-4-3-5-7-15/h10-12,15,18H,3-9,13H2,1-2H3. The molecule has 0 heterocycles. The van der Waals surface area contributed by atoms with Gasteiger partial charge in [-0.1, -0.05) is 19.3 Å². The van der Waals surface area contributed by atoms with Crippen LogP contribution in [0.2, 0.25) is 0 Å². The second-order valence-corrected chi connectivity index (χ2v) is 5.53. The second kappa shape index (κ2) is 8.90. The maximum Gasteiger partial charge on any atom is 0.122 e. The summed E-state index contributed by atoms with van der Waals surface area (Å²) in [5.74, 6) is 1.65. The van der Waals surface area contributed by atoms with Gasteiger partial charge in [0, 0.05) is 19.2 Å². The van der Waals surface area contributed by atoms with Crippen LogP contribution in [-0.4, -0.2) is 33.5 Å². The molecule has 0 unspecified atom stereocenters. The molecule has 21 heavy (non-hydrogen) atoms. The largest absolute Gasteiger partial charge is 0.497 e. The smallest absolute Gasteiger partial charge is 0.122 e. The lowest BCUT2D eigenvalue weighted by molar-refractivity contribution is 0.0302. The van der Waals surface area contributed by atoms with Crippen LogP contribution in [0.1, 0.15) is 37.7 Å². The van der Waals surface area contributed by atoms with Crippen LogP contribution in [0.4, 0.5) is 0 Å². The molecule has 1 saturated carbocycles. The fourth-order valence-corrected chi connectivity index (χ4v) is 2.73. The third-order valence-corrected chi connectivity index (χ3v) is 3.92. The van der Waals surface area contributed by atoms with Gasteiger partial charge in [-0.15, -0.1) is 0 Å². The Hall–Kier alpha value is -1.26. The van der Waals surface area contributed by atoms with Crippen molar-refractivity contribution in [3.63, 3.8) is 0 Å². The van der Waals surface area contributed by atoms with Crippen LogP contribution in [0.25, 0.3) is 0 Å². The van der Waals surface area contributed by atoms with Gasteiger partial charge in [0.2, 0.25) is 0 Å². The van der Waals surface area contributed by atoms with E-state index in [0.29, 0.717) is 6.10 Å². The molecule has 0 saturated heterocycles. The fraction of sp³-hybridized carbons (Fsp3) is 0.647. The topological polar surface area (TPSA) is 39.7 Å². The molecule has 118 valence electrons. The summed E-state index contributed by atoms with van der Waals surface area (Å²) in [6.07, 6.45) is 6.96. The Morgan fingerprint density at radius 2 is 1.67 bits per heavy atom. The van der Waals surface area contributed by atoms with Gasteiger partial charge in [0.15, 0.2) is 0 Å². The molecule has 0 bridgehead atoms. The Balaban J connectivity index is 1.68. The van der Waals surface area contributed by atoms with Crippen LogP contribution >= 0.6 is 0 Å². The number of rotatable bonds is 8. The Labute approximate surface area is 127 Å². The first-order chi connectivity index (χ1) is 10.3. The fourth-order valence-electron chi connectivity index (χ4n) is 2.73. The normalized spacial score (nSPS) is 15.9. The van der Waals surface area contributed by atoms with Gasteiger partial charge in [-0.3, -0.25) is 0 Å². The van der Waals surface area contributed by atoms with E-state index in [1.807, 2.05) is 18.2 Å². The van der Waals surface area contributed by atoms with Crippen molar-refractivity contribution in [3.05, 3.63) is 23.8 Å². The summed E-state index contributed by atoms with van der Waals surface area (Å²) in [5, 5.41) is 3.41. The Bertz CT molecular complexity index is 394. The van der Waals surface area contributed by atoms with Crippen molar-refractivity contribution in [2.24, 2.45) is 0 Å². The molecule has 0 atom stereocenters. The number of ether oxygens (including phenoxy) is 3. The number of hydrogen-bond acceptors (Lipinski definition) is 4. The van der Waals surface area contributed by atoms with E-state index in [2.05, 4.69) is 5.32 Å². The number of benzene rings is 1. The van der Waals surface area contributed by atoms with E-state index in [1.165, 1.54) is 32.1 Å². The molecule has 4 nitrogen and oxygen atoms in total. The zero-order valence-electron chi connectivity index (χ0n) is 13.2. The van der Waals surface area contributed by atoms with E-state index in [0.717, 1.165) is 36.8 Å². The average Bonchev–Trinajstić information content (AvgIpc) is 2.55. The van der Waals surface area contributed by atoms with Gasteiger partial charge >= 0.3 is 0 Å². The first-order valence-electron chi connectivity index (χ1n) is 7.86. The van der Waals surface area contributed by atoms with Crippen LogP contribution in [0, 0.1) is 0 Å². The highest BCUT2D eigenvalue weighted by Gasteiger charge is 2.12. The van der Waals surface area contributed by atoms with Crippen molar-refractivity contribution in [1.29, 1.82) is 0 Å². The minimum Gasteiger partial charge on any atom is -0.497 e. The van der Waals surface area contributed by atoms with E-state index in [4.69, 9.17) is 14.2 Å². The maximum atomic E-state index is 5.90. The molecule has 1 fully saturated rings. The van der Waals surface area contributed by atoms with Gasteiger partial charge in [-0.2, -0.15) is 0 Å². The molecule has 1 aromatic rings. The SMILES string of the molecule is COc1cc(CNCCOC2CCCCC2)cc(OC)c1. The van der Waals surface area contributed by atoms with Crippen molar-refractivity contribution in [2.45, 2.75) is 44.8 Å². The second-order valence-electron chi connectivity index (χ2n) is 5.53. The molecule has 1 aliphatic rings. The van der Waals surface area contributed by atoms with Crippen molar-refractivity contribution >= 4 is 0 Å². The molecule has 1 N–H and O–H groups in total.